The highest BCUT2D eigenvalue weighted by Crippen LogP contribution is 2.32. The molecule has 0 aliphatic heterocycles. The predicted octanol–water partition coefficient (Wildman–Crippen LogP) is 4.06. The smallest absolute Gasteiger partial charge is 0.264 e. The number of carbonyl (C=O) groups is 1. The van der Waals surface area contributed by atoms with Crippen molar-refractivity contribution in [3.63, 3.8) is 0 Å². The van der Waals surface area contributed by atoms with Crippen molar-refractivity contribution >= 4 is 38.1 Å². The van der Waals surface area contributed by atoms with Gasteiger partial charge in [-0.25, -0.2) is 8.42 Å². The second-order valence-corrected chi connectivity index (χ2v) is 10.0. The Morgan fingerprint density at radius 3 is 2.29 bits per heavy atom. The third-order valence-electron chi connectivity index (χ3n) is 4.98. The summed E-state index contributed by atoms with van der Waals surface area (Å²) in [6.45, 7) is -0.491. The lowest BCUT2D eigenvalue weighted by atomic mass is 10.2. The topological polar surface area (TPSA) is 111 Å². The lowest BCUT2D eigenvalue weighted by Crippen LogP contribution is -2.38. The van der Waals surface area contributed by atoms with Gasteiger partial charge in [0.15, 0.2) is 0 Å². The molecule has 0 spiro atoms. The molecule has 0 aliphatic carbocycles. The fourth-order valence-corrected chi connectivity index (χ4v) is 5.49. The standard InChI is InChI=1S/C24H22N4O5S2/c1-32-18-14-12-17(13-15-18)23-26-27-24(34-23)25-22(29)16-28(20-10-6-7-11-21(20)33-2)35(30,31)19-8-4-3-5-9-19/h3-15H,16H2,1-2H3,(H,25,27,29). The van der Waals surface area contributed by atoms with E-state index in [0.29, 0.717) is 16.5 Å². The average Bonchev–Trinajstić information content (AvgIpc) is 3.36. The molecule has 0 unspecified atom stereocenters. The summed E-state index contributed by atoms with van der Waals surface area (Å²) in [6, 6.07) is 21.8. The molecule has 3 aromatic carbocycles. The molecule has 35 heavy (non-hydrogen) atoms. The minimum atomic E-state index is -4.07. The van der Waals surface area contributed by atoms with E-state index in [1.54, 1.807) is 61.7 Å². The van der Waals surface area contributed by atoms with Crippen LogP contribution in [0, 0.1) is 0 Å². The van der Waals surface area contributed by atoms with Gasteiger partial charge in [0.1, 0.15) is 23.1 Å². The molecule has 0 aliphatic rings. The normalized spacial score (nSPS) is 11.0. The molecule has 4 aromatic rings. The number of nitrogens with zero attached hydrogens (tertiary/aromatic N) is 3. The number of nitrogens with one attached hydrogen (secondary N) is 1. The Morgan fingerprint density at radius 1 is 0.914 bits per heavy atom. The first-order chi connectivity index (χ1) is 16.9. The Balaban J connectivity index is 1.59. The molecule has 0 radical (unpaired) electrons. The zero-order valence-electron chi connectivity index (χ0n) is 18.9. The number of benzene rings is 3. The van der Waals surface area contributed by atoms with Crippen molar-refractivity contribution in [2.45, 2.75) is 4.90 Å². The van der Waals surface area contributed by atoms with Gasteiger partial charge < -0.3 is 9.47 Å². The number of methoxy groups -OCH3 is 2. The van der Waals surface area contributed by atoms with Gasteiger partial charge >= 0.3 is 0 Å². The second kappa shape index (κ2) is 10.5. The van der Waals surface area contributed by atoms with Crippen LogP contribution >= 0.6 is 11.3 Å². The number of carbonyl (C=O) groups excluding carboxylic acids is 1. The monoisotopic (exact) mass is 510 g/mol. The molecular weight excluding hydrogens is 488 g/mol. The zero-order chi connectivity index (χ0) is 24.8. The third-order valence-corrected chi connectivity index (χ3v) is 7.64. The summed E-state index contributed by atoms with van der Waals surface area (Å²) in [4.78, 5) is 13.0. The van der Waals surface area contributed by atoms with E-state index in [9.17, 15) is 13.2 Å². The van der Waals surface area contributed by atoms with Crippen LogP contribution in [0.15, 0.2) is 83.8 Å². The molecule has 1 heterocycles. The molecule has 9 nitrogen and oxygen atoms in total. The average molecular weight is 511 g/mol. The maximum Gasteiger partial charge on any atom is 0.264 e. The summed E-state index contributed by atoms with van der Waals surface area (Å²) in [6.07, 6.45) is 0. The maximum atomic E-state index is 13.5. The van der Waals surface area contributed by atoms with Gasteiger partial charge in [0.2, 0.25) is 11.0 Å². The largest absolute Gasteiger partial charge is 0.497 e. The van der Waals surface area contributed by atoms with Gasteiger partial charge in [-0.15, -0.1) is 10.2 Å². The molecule has 1 aromatic heterocycles. The Morgan fingerprint density at radius 2 is 1.60 bits per heavy atom. The predicted molar refractivity (Wildman–Crippen MR) is 134 cm³/mol. The van der Waals surface area contributed by atoms with Crippen LogP contribution in [-0.4, -0.2) is 45.3 Å². The molecule has 1 N–H and O–H groups in total. The first-order valence-electron chi connectivity index (χ1n) is 10.4. The highest BCUT2D eigenvalue weighted by atomic mass is 32.2. The van der Waals surface area contributed by atoms with Crippen molar-refractivity contribution in [3.05, 3.63) is 78.9 Å². The van der Waals surface area contributed by atoms with Crippen LogP contribution in [0.5, 0.6) is 11.5 Å². The first-order valence-corrected chi connectivity index (χ1v) is 12.7. The van der Waals surface area contributed by atoms with Gasteiger partial charge in [-0.3, -0.25) is 14.4 Å². The van der Waals surface area contributed by atoms with Gasteiger partial charge in [0.25, 0.3) is 10.0 Å². The van der Waals surface area contributed by atoms with Crippen LogP contribution in [0.2, 0.25) is 0 Å². The minimum absolute atomic E-state index is 0.0522. The van der Waals surface area contributed by atoms with Crippen LogP contribution in [0.1, 0.15) is 0 Å². The number of ether oxygens (including phenoxy) is 2. The fourth-order valence-electron chi connectivity index (χ4n) is 3.27. The molecule has 11 heteroatoms. The van der Waals surface area contributed by atoms with Crippen molar-refractivity contribution in [1.29, 1.82) is 0 Å². The minimum Gasteiger partial charge on any atom is -0.497 e. The highest BCUT2D eigenvalue weighted by Gasteiger charge is 2.29. The van der Waals surface area contributed by atoms with Gasteiger partial charge in [0, 0.05) is 5.56 Å². The molecule has 1 amide bonds. The lowest BCUT2D eigenvalue weighted by molar-refractivity contribution is -0.114. The lowest BCUT2D eigenvalue weighted by Gasteiger charge is -2.25. The van der Waals surface area contributed by atoms with Gasteiger partial charge in [-0.05, 0) is 48.5 Å². The SMILES string of the molecule is COc1ccc(-c2nnc(NC(=O)CN(c3ccccc3OC)S(=O)(=O)c3ccccc3)s2)cc1. The Labute approximate surface area is 207 Å². The molecule has 180 valence electrons. The van der Waals surface area contributed by atoms with E-state index >= 15 is 0 Å². The quantitative estimate of drug-likeness (QED) is 0.362. The van der Waals surface area contributed by atoms with Crippen molar-refractivity contribution in [2.24, 2.45) is 0 Å². The number of anilines is 2. The van der Waals surface area contributed by atoms with Crippen molar-refractivity contribution < 1.29 is 22.7 Å². The van der Waals surface area contributed by atoms with Crippen LogP contribution in [0.4, 0.5) is 10.8 Å². The summed E-state index contributed by atoms with van der Waals surface area (Å²) in [5.41, 5.74) is 1.05. The van der Waals surface area contributed by atoms with Gasteiger partial charge in [0.05, 0.1) is 24.8 Å². The second-order valence-electron chi connectivity index (χ2n) is 7.19. The van der Waals surface area contributed by atoms with E-state index < -0.39 is 22.5 Å². The fraction of sp³-hybridized carbons (Fsp3) is 0.125. The number of sulfonamides is 1. The molecule has 0 saturated carbocycles. The Hall–Kier alpha value is -3.96. The van der Waals surface area contributed by atoms with Crippen LogP contribution < -0.4 is 19.1 Å². The summed E-state index contributed by atoms with van der Waals surface area (Å²) in [7, 11) is -1.05. The number of hydrogen-bond acceptors (Lipinski definition) is 8. The van der Waals surface area contributed by atoms with Crippen molar-refractivity contribution in [2.75, 3.05) is 30.4 Å². The number of para-hydroxylation sites is 2. The Bertz CT molecular complexity index is 1410. The zero-order valence-corrected chi connectivity index (χ0v) is 20.5. The van der Waals surface area contributed by atoms with E-state index in [1.807, 2.05) is 12.1 Å². The van der Waals surface area contributed by atoms with Gasteiger partial charge in [-0.1, -0.05) is 41.7 Å². The van der Waals surface area contributed by atoms with E-state index in [2.05, 4.69) is 15.5 Å². The number of hydrogen-bond donors (Lipinski definition) is 1. The van der Waals surface area contributed by atoms with Crippen LogP contribution in [0.3, 0.4) is 0 Å². The third kappa shape index (κ3) is 5.42. The maximum absolute atomic E-state index is 13.5. The highest BCUT2D eigenvalue weighted by molar-refractivity contribution is 7.92. The summed E-state index contributed by atoms with van der Waals surface area (Å²) >= 11 is 1.17. The van der Waals surface area contributed by atoms with Gasteiger partial charge in [-0.2, -0.15) is 0 Å². The summed E-state index contributed by atoms with van der Waals surface area (Å²) < 4.78 is 38.5. The number of rotatable bonds is 9. The van der Waals surface area contributed by atoms with Crippen LogP contribution in [0.25, 0.3) is 10.6 Å². The van der Waals surface area contributed by atoms with E-state index in [-0.39, 0.29) is 15.7 Å². The molecule has 0 saturated heterocycles. The molecule has 0 fully saturated rings. The van der Waals surface area contributed by atoms with Crippen molar-refractivity contribution in [3.8, 4) is 22.1 Å². The molecular formula is C24H22N4O5S2. The van der Waals surface area contributed by atoms with E-state index in [4.69, 9.17) is 9.47 Å². The van der Waals surface area contributed by atoms with E-state index in [0.717, 1.165) is 9.87 Å². The number of amides is 1. The van der Waals surface area contributed by atoms with Crippen LogP contribution in [-0.2, 0) is 14.8 Å². The summed E-state index contributed by atoms with van der Waals surface area (Å²) in [5, 5.41) is 11.6. The number of aromatic nitrogens is 2. The molecule has 0 atom stereocenters. The first kappa shape index (κ1) is 24.2. The van der Waals surface area contributed by atoms with E-state index in [1.165, 1.54) is 30.6 Å². The summed E-state index contributed by atoms with van der Waals surface area (Å²) in [5.74, 6) is 0.452. The Kier molecular flexibility index (Phi) is 7.28. The van der Waals surface area contributed by atoms with Crippen molar-refractivity contribution in [1.82, 2.24) is 10.2 Å². The molecule has 4 rings (SSSR count). The molecule has 0 bridgehead atoms.